The van der Waals surface area contributed by atoms with Gasteiger partial charge < -0.3 is 8.92 Å². The van der Waals surface area contributed by atoms with Crippen LogP contribution in [0.4, 0.5) is 10.5 Å². The fraction of sp³-hybridized carbons (Fsp3) is 0.0800. The predicted molar refractivity (Wildman–Crippen MR) is 142 cm³/mol. The minimum Gasteiger partial charge on any atom is -0.490 e. The lowest BCUT2D eigenvalue weighted by molar-refractivity contribution is -0.122. The van der Waals surface area contributed by atoms with Crippen molar-refractivity contribution in [2.75, 3.05) is 11.5 Å². The summed E-state index contributed by atoms with van der Waals surface area (Å²) in [5.41, 5.74) is -0.0262. The molecule has 196 valence electrons. The summed E-state index contributed by atoms with van der Waals surface area (Å²) in [6.07, 6.45) is 1.19. The van der Waals surface area contributed by atoms with E-state index in [4.69, 9.17) is 43.7 Å². The molecule has 0 radical (unpaired) electrons. The van der Waals surface area contributed by atoms with Crippen LogP contribution in [0.1, 0.15) is 12.5 Å². The number of nitrogens with one attached hydrogen (secondary N) is 1. The number of imide groups is 2. The number of barbiturate groups is 1. The first-order valence-corrected chi connectivity index (χ1v) is 13.4. The van der Waals surface area contributed by atoms with Crippen molar-refractivity contribution in [3.8, 4) is 11.5 Å². The molecule has 1 heterocycles. The summed E-state index contributed by atoms with van der Waals surface area (Å²) in [5, 5.41) is 2.55. The van der Waals surface area contributed by atoms with Crippen molar-refractivity contribution >= 4 is 74.5 Å². The zero-order valence-corrected chi connectivity index (χ0v) is 22.5. The van der Waals surface area contributed by atoms with E-state index in [0.717, 1.165) is 4.90 Å². The van der Waals surface area contributed by atoms with Gasteiger partial charge in [-0.2, -0.15) is 8.42 Å². The molecule has 0 bridgehead atoms. The van der Waals surface area contributed by atoms with Crippen LogP contribution in [0.3, 0.4) is 0 Å². The molecule has 0 spiro atoms. The van der Waals surface area contributed by atoms with Crippen LogP contribution in [0.25, 0.3) is 6.08 Å². The van der Waals surface area contributed by atoms with Crippen LogP contribution in [0, 0.1) is 0 Å². The molecule has 1 N–H and O–H groups in total. The Morgan fingerprint density at radius 3 is 2.32 bits per heavy atom. The quantitative estimate of drug-likeness (QED) is 0.218. The number of hydrogen-bond acceptors (Lipinski definition) is 7. The molecular formula is C25H17Cl3N2O7S. The molecule has 4 rings (SSSR count). The molecule has 3 aromatic rings. The molecule has 1 saturated heterocycles. The second kappa shape index (κ2) is 11.0. The number of rotatable bonds is 7. The van der Waals surface area contributed by atoms with Gasteiger partial charge in [-0.1, -0.05) is 40.9 Å². The van der Waals surface area contributed by atoms with Crippen LogP contribution in [0.15, 0.2) is 71.1 Å². The third-order valence-corrected chi connectivity index (χ3v) is 7.11. The summed E-state index contributed by atoms with van der Waals surface area (Å²) in [6, 6.07) is 13.0. The molecule has 0 unspecified atom stereocenters. The molecule has 3 aromatic carbocycles. The van der Waals surface area contributed by atoms with Crippen LogP contribution >= 0.6 is 34.8 Å². The van der Waals surface area contributed by atoms with E-state index in [2.05, 4.69) is 5.32 Å². The van der Waals surface area contributed by atoms with Crippen LogP contribution in [-0.2, 0) is 19.7 Å². The van der Waals surface area contributed by atoms with Crippen molar-refractivity contribution in [2.24, 2.45) is 0 Å². The van der Waals surface area contributed by atoms with E-state index >= 15 is 0 Å². The summed E-state index contributed by atoms with van der Waals surface area (Å²) in [4.78, 5) is 38.7. The molecule has 0 saturated carbocycles. The number of anilines is 1. The highest BCUT2D eigenvalue weighted by molar-refractivity contribution is 7.87. The smallest absolute Gasteiger partial charge is 0.339 e. The van der Waals surface area contributed by atoms with Gasteiger partial charge in [0, 0.05) is 10.0 Å². The molecule has 0 aromatic heterocycles. The van der Waals surface area contributed by atoms with Crippen molar-refractivity contribution in [1.82, 2.24) is 5.32 Å². The van der Waals surface area contributed by atoms with E-state index in [1.165, 1.54) is 54.6 Å². The highest BCUT2D eigenvalue weighted by Crippen LogP contribution is 2.39. The summed E-state index contributed by atoms with van der Waals surface area (Å²) >= 11 is 18.2. The maximum Gasteiger partial charge on any atom is 0.339 e. The van der Waals surface area contributed by atoms with E-state index in [-0.39, 0.29) is 49.9 Å². The summed E-state index contributed by atoms with van der Waals surface area (Å²) in [7, 11) is -4.31. The van der Waals surface area contributed by atoms with Gasteiger partial charge in [-0.05, 0) is 73.2 Å². The number of carbonyl (C=O) groups is 3. The van der Waals surface area contributed by atoms with E-state index < -0.39 is 28.0 Å². The lowest BCUT2D eigenvalue weighted by Crippen LogP contribution is -2.54. The first-order valence-electron chi connectivity index (χ1n) is 10.8. The molecule has 0 aliphatic carbocycles. The van der Waals surface area contributed by atoms with Gasteiger partial charge >= 0.3 is 16.1 Å². The maximum absolute atomic E-state index is 13.1. The van der Waals surface area contributed by atoms with Crippen molar-refractivity contribution in [2.45, 2.75) is 11.8 Å². The molecule has 0 atom stereocenters. The number of nitrogens with zero attached hydrogens (tertiary/aromatic N) is 1. The Kier molecular flexibility index (Phi) is 7.98. The largest absolute Gasteiger partial charge is 0.490 e. The summed E-state index contributed by atoms with van der Waals surface area (Å²) in [5.74, 6) is -2.18. The highest BCUT2D eigenvalue weighted by Gasteiger charge is 2.37. The highest BCUT2D eigenvalue weighted by atomic mass is 35.5. The van der Waals surface area contributed by atoms with E-state index in [1.54, 1.807) is 19.1 Å². The van der Waals surface area contributed by atoms with Gasteiger partial charge in [0.2, 0.25) is 5.75 Å². The number of urea groups is 1. The average Bonchev–Trinajstić information content (AvgIpc) is 2.84. The Labute approximate surface area is 232 Å². The summed E-state index contributed by atoms with van der Waals surface area (Å²) in [6.45, 7) is 1.77. The molecule has 38 heavy (non-hydrogen) atoms. The summed E-state index contributed by atoms with van der Waals surface area (Å²) < 4.78 is 36.4. The molecule has 9 nitrogen and oxygen atoms in total. The number of halogens is 3. The minimum absolute atomic E-state index is 0.0594. The van der Waals surface area contributed by atoms with Crippen LogP contribution in [-0.4, -0.2) is 32.9 Å². The lowest BCUT2D eigenvalue weighted by atomic mass is 10.1. The molecule has 1 aliphatic heterocycles. The fourth-order valence-electron chi connectivity index (χ4n) is 3.45. The van der Waals surface area contributed by atoms with Gasteiger partial charge in [0.1, 0.15) is 10.5 Å². The SMILES string of the molecule is CCOc1cc(/C=C2\C(=O)NC(=O)N(c3cccc(Cl)c3)C2=O)cc(Cl)c1OS(=O)(=O)c1ccc(Cl)cc1. The molecular weight excluding hydrogens is 579 g/mol. The normalized spacial score (nSPS) is 15.0. The first kappa shape index (κ1) is 27.5. The van der Waals surface area contributed by atoms with E-state index in [1.807, 2.05) is 0 Å². The van der Waals surface area contributed by atoms with Gasteiger partial charge in [0.25, 0.3) is 11.8 Å². The Morgan fingerprint density at radius 2 is 1.66 bits per heavy atom. The molecule has 1 fully saturated rings. The molecule has 1 aliphatic rings. The second-order valence-electron chi connectivity index (χ2n) is 7.69. The van der Waals surface area contributed by atoms with Gasteiger partial charge in [-0.25, -0.2) is 9.69 Å². The van der Waals surface area contributed by atoms with Crippen molar-refractivity contribution < 1.29 is 31.7 Å². The molecule has 4 amide bonds. The van der Waals surface area contributed by atoms with Crippen molar-refractivity contribution in [3.63, 3.8) is 0 Å². The van der Waals surface area contributed by atoms with E-state index in [0.29, 0.717) is 5.02 Å². The van der Waals surface area contributed by atoms with Gasteiger partial charge in [0.05, 0.1) is 17.3 Å². The zero-order chi connectivity index (χ0) is 27.6. The third-order valence-electron chi connectivity index (χ3n) is 5.11. The Balaban J connectivity index is 1.72. The van der Waals surface area contributed by atoms with Gasteiger partial charge in [-0.15, -0.1) is 0 Å². The zero-order valence-electron chi connectivity index (χ0n) is 19.4. The molecule has 13 heteroatoms. The Hall–Kier alpha value is -3.57. The predicted octanol–water partition coefficient (Wildman–Crippen LogP) is 5.48. The van der Waals surface area contributed by atoms with E-state index in [9.17, 15) is 22.8 Å². The van der Waals surface area contributed by atoms with Crippen molar-refractivity contribution in [3.05, 3.63) is 86.9 Å². The number of hydrogen-bond donors (Lipinski definition) is 1. The van der Waals surface area contributed by atoms with Crippen LogP contribution < -0.4 is 19.1 Å². The van der Waals surface area contributed by atoms with Gasteiger partial charge in [-0.3, -0.25) is 14.9 Å². The topological polar surface area (TPSA) is 119 Å². The van der Waals surface area contributed by atoms with Crippen molar-refractivity contribution in [1.29, 1.82) is 0 Å². The minimum atomic E-state index is -4.31. The van der Waals surface area contributed by atoms with Gasteiger partial charge in [0.15, 0.2) is 5.75 Å². The first-order chi connectivity index (χ1) is 18.0. The monoisotopic (exact) mass is 594 g/mol. The lowest BCUT2D eigenvalue weighted by Gasteiger charge is -2.26. The van der Waals surface area contributed by atoms with Crippen LogP contribution in [0.2, 0.25) is 15.1 Å². The fourth-order valence-corrected chi connectivity index (χ4v) is 5.02. The maximum atomic E-state index is 13.1. The average molecular weight is 596 g/mol. The number of ether oxygens (including phenoxy) is 1. The Morgan fingerprint density at radius 1 is 0.947 bits per heavy atom. The standard InChI is InChI=1S/C25H17Cl3N2O7S/c1-2-36-21-12-14(11-20(28)22(21)37-38(34,35)18-8-6-15(26)7-9-18)10-19-23(31)29-25(33)30(24(19)32)17-5-3-4-16(27)13-17/h3-13H,2H2,1H3,(H,29,31,33)/b19-10+. The number of benzene rings is 3. The third kappa shape index (κ3) is 5.78. The Bertz CT molecular complexity index is 1590. The number of carbonyl (C=O) groups excluding carboxylic acids is 3. The van der Waals surface area contributed by atoms with Crippen LogP contribution in [0.5, 0.6) is 11.5 Å². The number of amides is 4. The second-order valence-corrected chi connectivity index (χ2v) is 10.5.